The lowest BCUT2D eigenvalue weighted by Gasteiger charge is -2.45. The van der Waals surface area contributed by atoms with Gasteiger partial charge in [-0.3, -0.25) is 4.79 Å². The fraction of sp³-hybridized carbons (Fsp3) is 0.944. The molecule has 2 unspecified atom stereocenters. The summed E-state index contributed by atoms with van der Waals surface area (Å²) in [4.78, 5) is 14.3. The molecule has 3 heteroatoms. The summed E-state index contributed by atoms with van der Waals surface area (Å²) in [6, 6.07) is 0.708. The molecule has 0 radical (unpaired) electrons. The molecule has 0 aromatic heterocycles. The lowest BCUT2D eigenvalue weighted by molar-refractivity contribution is -0.153. The minimum Gasteiger partial charge on any atom is -0.481 e. The summed E-state index contributed by atoms with van der Waals surface area (Å²) < 4.78 is 0. The van der Waals surface area contributed by atoms with Crippen LogP contribution in [0.5, 0.6) is 0 Å². The molecule has 1 aliphatic carbocycles. The van der Waals surface area contributed by atoms with Crippen molar-refractivity contribution in [2.75, 3.05) is 13.1 Å². The number of piperidine rings is 1. The van der Waals surface area contributed by atoms with Crippen molar-refractivity contribution < 1.29 is 9.90 Å². The number of carboxylic acid groups (broad SMARTS) is 1. The first-order chi connectivity index (χ1) is 9.98. The second kappa shape index (κ2) is 7.13. The van der Waals surface area contributed by atoms with Crippen LogP contribution in [0.2, 0.25) is 0 Å². The first-order valence-corrected chi connectivity index (χ1v) is 8.96. The quantitative estimate of drug-likeness (QED) is 0.827. The smallest absolute Gasteiger partial charge is 0.309 e. The van der Waals surface area contributed by atoms with Crippen molar-refractivity contribution in [1.82, 2.24) is 4.90 Å². The molecular formula is C18H33NO2. The second-order valence-electron chi connectivity index (χ2n) is 7.70. The Labute approximate surface area is 130 Å². The number of hydrogen-bond donors (Lipinski definition) is 1. The third kappa shape index (κ3) is 3.80. The average molecular weight is 295 g/mol. The van der Waals surface area contributed by atoms with E-state index in [1.165, 1.54) is 25.7 Å². The zero-order valence-corrected chi connectivity index (χ0v) is 14.1. The topological polar surface area (TPSA) is 40.5 Å². The van der Waals surface area contributed by atoms with E-state index in [4.69, 9.17) is 0 Å². The van der Waals surface area contributed by atoms with Crippen LogP contribution in [0.1, 0.15) is 72.1 Å². The van der Waals surface area contributed by atoms with Crippen LogP contribution in [0.3, 0.4) is 0 Å². The van der Waals surface area contributed by atoms with Gasteiger partial charge in [0.15, 0.2) is 0 Å². The Morgan fingerprint density at radius 3 is 2.48 bits per heavy atom. The van der Waals surface area contributed by atoms with Gasteiger partial charge in [0.1, 0.15) is 0 Å². The molecule has 3 nitrogen and oxygen atoms in total. The van der Waals surface area contributed by atoms with Crippen LogP contribution in [0.4, 0.5) is 0 Å². The monoisotopic (exact) mass is 295 g/mol. The third-order valence-corrected chi connectivity index (χ3v) is 6.08. The van der Waals surface area contributed by atoms with Gasteiger partial charge >= 0.3 is 5.97 Å². The molecule has 0 aromatic carbocycles. The predicted octanol–water partition coefficient (Wildman–Crippen LogP) is 4.17. The molecule has 2 atom stereocenters. The molecule has 122 valence electrons. The van der Waals surface area contributed by atoms with Crippen LogP contribution < -0.4 is 0 Å². The minimum absolute atomic E-state index is 0.433. The van der Waals surface area contributed by atoms with E-state index in [2.05, 4.69) is 25.7 Å². The molecule has 2 fully saturated rings. The molecule has 1 heterocycles. The molecule has 0 spiro atoms. The van der Waals surface area contributed by atoms with E-state index < -0.39 is 11.4 Å². The molecule has 1 aliphatic heterocycles. The zero-order chi connectivity index (χ0) is 15.5. The fourth-order valence-corrected chi connectivity index (χ4v) is 4.50. The Balaban J connectivity index is 1.92. The Morgan fingerprint density at radius 1 is 1.29 bits per heavy atom. The summed E-state index contributed by atoms with van der Waals surface area (Å²) in [7, 11) is 0. The Kier molecular flexibility index (Phi) is 5.70. The van der Waals surface area contributed by atoms with Crippen molar-refractivity contribution in [1.29, 1.82) is 0 Å². The van der Waals surface area contributed by atoms with E-state index in [9.17, 15) is 9.90 Å². The van der Waals surface area contributed by atoms with Crippen LogP contribution >= 0.6 is 0 Å². The lowest BCUT2D eigenvalue weighted by atomic mass is 9.73. The van der Waals surface area contributed by atoms with Gasteiger partial charge in [-0.1, -0.05) is 40.0 Å². The van der Waals surface area contributed by atoms with E-state index >= 15 is 0 Å². The van der Waals surface area contributed by atoms with Gasteiger partial charge in [-0.05, 0) is 57.0 Å². The van der Waals surface area contributed by atoms with Crippen LogP contribution in [-0.2, 0) is 4.79 Å². The Bertz CT molecular complexity index is 345. The van der Waals surface area contributed by atoms with Crippen molar-refractivity contribution >= 4 is 5.97 Å². The van der Waals surface area contributed by atoms with Gasteiger partial charge in [-0.25, -0.2) is 0 Å². The summed E-state index contributed by atoms with van der Waals surface area (Å²) in [6.45, 7) is 8.77. The van der Waals surface area contributed by atoms with Crippen molar-refractivity contribution in [2.24, 2.45) is 17.3 Å². The van der Waals surface area contributed by atoms with Gasteiger partial charge in [-0.2, -0.15) is 0 Å². The van der Waals surface area contributed by atoms with E-state index in [1.807, 2.05) is 0 Å². The minimum atomic E-state index is -0.562. The maximum absolute atomic E-state index is 11.7. The highest BCUT2D eigenvalue weighted by Crippen LogP contribution is 2.39. The molecule has 2 aliphatic rings. The number of nitrogens with zero attached hydrogens (tertiary/aromatic N) is 1. The van der Waals surface area contributed by atoms with Crippen molar-refractivity contribution in [3.8, 4) is 0 Å². The lowest BCUT2D eigenvalue weighted by Crippen LogP contribution is -2.49. The van der Waals surface area contributed by atoms with Crippen molar-refractivity contribution in [3.63, 3.8) is 0 Å². The van der Waals surface area contributed by atoms with Gasteiger partial charge in [0.2, 0.25) is 0 Å². The third-order valence-electron chi connectivity index (χ3n) is 6.08. The molecule has 2 rings (SSSR count). The molecule has 1 N–H and O–H groups in total. The molecular weight excluding hydrogens is 262 g/mol. The average Bonchev–Trinajstić information content (AvgIpc) is 2.48. The predicted molar refractivity (Wildman–Crippen MR) is 86.4 cm³/mol. The Morgan fingerprint density at radius 2 is 1.95 bits per heavy atom. The Hall–Kier alpha value is -0.570. The highest BCUT2D eigenvalue weighted by Gasteiger charge is 2.42. The maximum atomic E-state index is 11.7. The maximum Gasteiger partial charge on any atom is 0.309 e. The number of hydrogen-bond acceptors (Lipinski definition) is 2. The molecule has 0 aromatic rings. The van der Waals surface area contributed by atoms with Crippen LogP contribution in [0.25, 0.3) is 0 Å². The van der Waals surface area contributed by atoms with Gasteiger partial charge in [0, 0.05) is 6.04 Å². The van der Waals surface area contributed by atoms with Gasteiger partial charge in [-0.15, -0.1) is 0 Å². The molecule has 1 saturated carbocycles. The summed E-state index contributed by atoms with van der Waals surface area (Å²) in [5.74, 6) is 1.09. The standard InChI is InChI=1S/C18H33NO2/c1-4-8-18(17(20)21)9-11-19(12-10-18)16-7-5-6-15(13-16)14(2)3/h14-16H,4-13H2,1-3H3,(H,20,21). The van der Waals surface area contributed by atoms with E-state index in [0.29, 0.717) is 6.04 Å². The number of carbonyl (C=O) groups is 1. The van der Waals surface area contributed by atoms with Crippen molar-refractivity contribution in [2.45, 2.75) is 78.2 Å². The van der Waals surface area contributed by atoms with E-state index in [-0.39, 0.29) is 0 Å². The van der Waals surface area contributed by atoms with Gasteiger partial charge in [0.25, 0.3) is 0 Å². The van der Waals surface area contributed by atoms with Crippen LogP contribution in [-0.4, -0.2) is 35.1 Å². The number of rotatable bonds is 5. The highest BCUT2D eigenvalue weighted by molar-refractivity contribution is 5.74. The zero-order valence-electron chi connectivity index (χ0n) is 14.1. The molecule has 0 amide bonds. The summed E-state index contributed by atoms with van der Waals surface area (Å²) >= 11 is 0. The van der Waals surface area contributed by atoms with E-state index in [0.717, 1.165) is 50.6 Å². The van der Waals surface area contributed by atoms with Gasteiger partial charge in [0.05, 0.1) is 5.41 Å². The largest absolute Gasteiger partial charge is 0.481 e. The first-order valence-electron chi connectivity index (χ1n) is 8.96. The van der Waals surface area contributed by atoms with Gasteiger partial charge < -0.3 is 10.0 Å². The molecule has 0 bridgehead atoms. The summed E-state index contributed by atoms with van der Waals surface area (Å²) in [6.07, 6.45) is 8.89. The number of likely N-dealkylation sites (tertiary alicyclic amines) is 1. The van der Waals surface area contributed by atoms with Crippen molar-refractivity contribution in [3.05, 3.63) is 0 Å². The fourth-order valence-electron chi connectivity index (χ4n) is 4.50. The summed E-state index contributed by atoms with van der Waals surface area (Å²) in [5.41, 5.74) is -0.433. The van der Waals surface area contributed by atoms with Crippen LogP contribution in [0, 0.1) is 17.3 Å². The van der Waals surface area contributed by atoms with E-state index in [1.54, 1.807) is 0 Å². The normalized spacial score (nSPS) is 30.5. The first kappa shape index (κ1) is 16.8. The SMILES string of the molecule is CCCC1(C(=O)O)CCN(C2CCCC(C(C)C)C2)CC1. The number of carboxylic acids is 1. The molecule has 1 saturated heterocycles. The number of aliphatic carboxylic acids is 1. The summed E-state index contributed by atoms with van der Waals surface area (Å²) in [5, 5.41) is 9.61. The molecule has 21 heavy (non-hydrogen) atoms. The highest BCUT2D eigenvalue weighted by atomic mass is 16.4. The van der Waals surface area contributed by atoms with Crippen LogP contribution in [0.15, 0.2) is 0 Å². The second-order valence-corrected chi connectivity index (χ2v) is 7.70.